The molecular weight excluding hydrogens is 665 g/mol. The molecular formula is C50H94O4. The number of carbonyl (C=O) groups is 2. The van der Waals surface area contributed by atoms with Crippen molar-refractivity contribution in [1.82, 2.24) is 0 Å². The van der Waals surface area contributed by atoms with Crippen LogP contribution in [0.4, 0.5) is 0 Å². The molecule has 0 amide bonds. The molecule has 0 aliphatic rings. The van der Waals surface area contributed by atoms with E-state index in [1.54, 1.807) is 0 Å². The molecule has 0 spiro atoms. The molecule has 0 fully saturated rings. The van der Waals surface area contributed by atoms with Gasteiger partial charge in [-0.1, -0.05) is 217 Å². The summed E-state index contributed by atoms with van der Waals surface area (Å²) in [6.45, 7) is 2.87. The lowest BCUT2D eigenvalue weighted by atomic mass is 10.0. The number of carboxylic acid groups (broad SMARTS) is 1. The Kier molecular flexibility index (Phi) is 46.2. The molecule has 0 aromatic carbocycles. The van der Waals surface area contributed by atoms with Crippen LogP contribution in [0.2, 0.25) is 0 Å². The van der Waals surface area contributed by atoms with Gasteiger partial charge in [0, 0.05) is 12.8 Å². The molecule has 54 heavy (non-hydrogen) atoms. The second kappa shape index (κ2) is 47.6. The van der Waals surface area contributed by atoms with Crippen molar-refractivity contribution in [2.45, 2.75) is 277 Å². The minimum atomic E-state index is -0.654. The molecule has 0 bridgehead atoms. The highest BCUT2D eigenvalue weighted by atomic mass is 16.5. The van der Waals surface area contributed by atoms with Gasteiger partial charge in [0.1, 0.15) is 0 Å². The van der Waals surface area contributed by atoms with Crippen LogP contribution in [0.25, 0.3) is 0 Å². The Labute approximate surface area is 337 Å². The lowest BCUT2D eigenvalue weighted by Crippen LogP contribution is -2.05. The van der Waals surface area contributed by atoms with Gasteiger partial charge in [0.15, 0.2) is 0 Å². The first kappa shape index (κ1) is 52.4. The second-order valence-corrected chi connectivity index (χ2v) is 16.6. The second-order valence-electron chi connectivity index (χ2n) is 16.6. The van der Waals surface area contributed by atoms with Crippen LogP contribution in [0, 0.1) is 0 Å². The quantitative estimate of drug-likeness (QED) is 0.0381. The van der Waals surface area contributed by atoms with Gasteiger partial charge in [0.2, 0.25) is 0 Å². The van der Waals surface area contributed by atoms with Gasteiger partial charge >= 0.3 is 11.9 Å². The highest BCUT2D eigenvalue weighted by Crippen LogP contribution is 2.16. The van der Waals surface area contributed by atoms with Crippen LogP contribution in [-0.4, -0.2) is 23.7 Å². The first-order chi connectivity index (χ1) is 26.7. The molecule has 318 valence electrons. The summed E-state index contributed by atoms with van der Waals surface area (Å²) in [5.41, 5.74) is 0. The largest absolute Gasteiger partial charge is 0.481 e. The van der Waals surface area contributed by atoms with Crippen molar-refractivity contribution in [1.29, 1.82) is 0 Å². The fraction of sp³-hybridized carbons (Fsp3) is 0.880. The van der Waals surface area contributed by atoms with E-state index in [1.807, 2.05) is 0 Å². The van der Waals surface area contributed by atoms with E-state index in [2.05, 4.69) is 31.2 Å². The monoisotopic (exact) mass is 759 g/mol. The van der Waals surface area contributed by atoms with Crippen molar-refractivity contribution in [2.24, 2.45) is 0 Å². The lowest BCUT2D eigenvalue weighted by molar-refractivity contribution is -0.144. The van der Waals surface area contributed by atoms with Gasteiger partial charge in [-0.25, -0.2) is 0 Å². The van der Waals surface area contributed by atoms with E-state index in [4.69, 9.17) is 9.84 Å². The predicted molar refractivity (Wildman–Crippen MR) is 236 cm³/mol. The molecule has 0 atom stereocenters. The fourth-order valence-corrected chi connectivity index (χ4v) is 7.45. The zero-order valence-electron chi connectivity index (χ0n) is 36.4. The van der Waals surface area contributed by atoms with E-state index < -0.39 is 5.97 Å². The number of carboxylic acids is 1. The number of allylic oxidation sites excluding steroid dienone is 4. The van der Waals surface area contributed by atoms with Crippen LogP contribution >= 0.6 is 0 Å². The van der Waals surface area contributed by atoms with Gasteiger partial charge in [-0.15, -0.1) is 0 Å². The molecule has 1 N–H and O–H groups in total. The minimum absolute atomic E-state index is 0.00573. The van der Waals surface area contributed by atoms with Gasteiger partial charge < -0.3 is 9.84 Å². The summed E-state index contributed by atoms with van der Waals surface area (Å²) in [4.78, 5) is 22.5. The third kappa shape index (κ3) is 48.4. The summed E-state index contributed by atoms with van der Waals surface area (Å²) in [5.74, 6) is -0.648. The van der Waals surface area contributed by atoms with E-state index in [0.717, 1.165) is 32.1 Å². The van der Waals surface area contributed by atoms with Gasteiger partial charge in [-0.3, -0.25) is 9.59 Å². The Morgan fingerprint density at radius 2 is 0.611 bits per heavy atom. The van der Waals surface area contributed by atoms with Crippen molar-refractivity contribution in [3.05, 3.63) is 24.3 Å². The van der Waals surface area contributed by atoms with Crippen LogP contribution in [0.3, 0.4) is 0 Å². The number of carbonyl (C=O) groups excluding carboxylic acids is 1. The highest BCUT2D eigenvalue weighted by Gasteiger charge is 2.03. The minimum Gasteiger partial charge on any atom is -0.481 e. The van der Waals surface area contributed by atoms with Crippen LogP contribution in [0.1, 0.15) is 277 Å². The maximum absolute atomic E-state index is 12.0. The van der Waals surface area contributed by atoms with Crippen molar-refractivity contribution >= 4 is 11.9 Å². The maximum Gasteiger partial charge on any atom is 0.305 e. The Hall–Kier alpha value is -1.58. The topological polar surface area (TPSA) is 63.6 Å². The smallest absolute Gasteiger partial charge is 0.305 e. The maximum atomic E-state index is 12.0. The van der Waals surface area contributed by atoms with Crippen molar-refractivity contribution < 1.29 is 19.4 Å². The summed E-state index contributed by atoms with van der Waals surface area (Å²) in [6.07, 6.45) is 62.5. The molecule has 0 unspecified atom stereocenters. The predicted octanol–water partition coefficient (Wildman–Crippen LogP) is 17.1. The number of ether oxygens (including phenoxy) is 1. The van der Waals surface area contributed by atoms with Crippen LogP contribution in [0.15, 0.2) is 24.3 Å². The number of hydrogen-bond donors (Lipinski definition) is 1. The van der Waals surface area contributed by atoms with Crippen molar-refractivity contribution in [3.8, 4) is 0 Å². The third-order valence-electron chi connectivity index (χ3n) is 11.1. The molecule has 4 heteroatoms. The molecule has 0 aromatic rings. The Morgan fingerprint density at radius 3 is 0.926 bits per heavy atom. The molecule has 0 saturated heterocycles. The first-order valence-electron chi connectivity index (χ1n) is 24.3. The highest BCUT2D eigenvalue weighted by molar-refractivity contribution is 5.69. The molecule has 0 aliphatic heterocycles. The Bertz CT molecular complexity index is 802. The van der Waals surface area contributed by atoms with E-state index in [0.29, 0.717) is 19.4 Å². The average Bonchev–Trinajstić information content (AvgIpc) is 3.16. The number of hydrogen-bond acceptors (Lipinski definition) is 3. The standard InChI is InChI=1S/C50H94O4/c1-2-3-4-5-6-7-8-28-32-35-38-41-44-47-50(53)54-48-45-42-39-36-33-30-27-25-23-21-19-17-15-13-11-9-10-12-14-16-18-20-22-24-26-29-31-34-37-40-43-46-49(51)52/h7-8,23,25H,2-6,9-22,24,26-48H2,1H3,(H,51,52)/b8-7-,25-23-. The summed E-state index contributed by atoms with van der Waals surface area (Å²) in [7, 11) is 0. The Morgan fingerprint density at radius 1 is 0.352 bits per heavy atom. The van der Waals surface area contributed by atoms with Gasteiger partial charge in [0.25, 0.3) is 0 Å². The molecule has 0 rings (SSSR count). The SMILES string of the molecule is CCCCCC/C=C\CCCCCCCC(=O)OCCCCCCCC/C=C\CCCCCCCCCCCCCCCCCCCCCCCC(=O)O. The first-order valence-corrected chi connectivity index (χ1v) is 24.3. The van der Waals surface area contributed by atoms with Crippen molar-refractivity contribution in [3.63, 3.8) is 0 Å². The zero-order valence-corrected chi connectivity index (χ0v) is 36.4. The Balaban J connectivity index is 3.19. The van der Waals surface area contributed by atoms with Gasteiger partial charge in [0.05, 0.1) is 6.61 Å². The van der Waals surface area contributed by atoms with Crippen LogP contribution in [-0.2, 0) is 14.3 Å². The molecule has 0 aliphatic carbocycles. The van der Waals surface area contributed by atoms with E-state index in [-0.39, 0.29) is 5.97 Å². The number of rotatable bonds is 46. The molecule has 4 nitrogen and oxygen atoms in total. The summed E-state index contributed by atoms with van der Waals surface area (Å²) in [6, 6.07) is 0. The van der Waals surface area contributed by atoms with Crippen molar-refractivity contribution in [2.75, 3.05) is 6.61 Å². The summed E-state index contributed by atoms with van der Waals surface area (Å²) >= 11 is 0. The van der Waals surface area contributed by atoms with Gasteiger partial charge in [-0.05, 0) is 70.6 Å². The summed E-state index contributed by atoms with van der Waals surface area (Å²) < 4.78 is 5.45. The molecule has 0 radical (unpaired) electrons. The lowest BCUT2D eigenvalue weighted by Gasteiger charge is -2.05. The number of unbranched alkanes of at least 4 members (excludes halogenated alkanes) is 36. The van der Waals surface area contributed by atoms with E-state index >= 15 is 0 Å². The average molecular weight is 759 g/mol. The number of aliphatic carboxylic acids is 1. The molecule has 0 saturated carbocycles. The molecule has 0 aromatic heterocycles. The van der Waals surface area contributed by atoms with Gasteiger partial charge in [-0.2, -0.15) is 0 Å². The zero-order chi connectivity index (χ0) is 39.1. The normalized spacial score (nSPS) is 11.7. The molecule has 0 heterocycles. The summed E-state index contributed by atoms with van der Waals surface area (Å²) in [5, 5.41) is 8.66. The van der Waals surface area contributed by atoms with Crippen LogP contribution < -0.4 is 0 Å². The third-order valence-corrected chi connectivity index (χ3v) is 11.1. The number of esters is 1. The van der Waals surface area contributed by atoms with E-state index in [9.17, 15) is 9.59 Å². The van der Waals surface area contributed by atoms with Crippen LogP contribution in [0.5, 0.6) is 0 Å². The van der Waals surface area contributed by atoms with E-state index in [1.165, 1.54) is 225 Å². The fourth-order valence-electron chi connectivity index (χ4n) is 7.45.